The van der Waals surface area contributed by atoms with E-state index in [0.29, 0.717) is 41.3 Å². The maximum absolute atomic E-state index is 12.3. The van der Waals surface area contributed by atoms with E-state index in [-0.39, 0.29) is 10.6 Å². The summed E-state index contributed by atoms with van der Waals surface area (Å²) < 4.78 is 26.6. The van der Waals surface area contributed by atoms with E-state index in [1.807, 2.05) is 11.5 Å². The van der Waals surface area contributed by atoms with Gasteiger partial charge in [-0.3, -0.25) is 9.48 Å². The topological polar surface area (TPSA) is 163 Å². The number of primary sulfonamides is 1. The number of carbonyl (C=O) groups is 1. The SMILES string of the molecule is CCn1nc(C)c(-c2nc3cc(C#N)ccc3n2Cc2ccc(S(N)(=O)=O)cc2)c1C(N)=O. The number of hydrogen-bond donors (Lipinski definition) is 2. The van der Waals surface area contributed by atoms with Crippen LogP contribution in [-0.4, -0.2) is 33.7 Å². The number of nitriles is 1. The number of aryl methyl sites for hydroxylation is 2. The van der Waals surface area contributed by atoms with Gasteiger partial charge in [0.2, 0.25) is 10.0 Å². The Morgan fingerprint density at radius 1 is 1.18 bits per heavy atom. The molecule has 2 heterocycles. The first kappa shape index (κ1) is 22.2. The van der Waals surface area contributed by atoms with Crippen LogP contribution >= 0.6 is 0 Å². The van der Waals surface area contributed by atoms with E-state index in [1.54, 1.807) is 37.3 Å². The maximum Gasteiger partial charge on any atom is 0.267 e. The molecule has 0 fully saturated rings. The molecular weight excluding hydrogens is 442 g/mol. The van der Waals surface area contributed by atoms with Crippen molar-refractivity contribution in [3.63, 3.8) is 0 Å². The van der Waals surface area contributed by atoms with Crippen molar-refractivity contribution in [3.05, 3.63) is 65.0 Å². The summed E-state index contributed by atoms with van der Waals surface area (Å²) in [6.07, 6.45) is 0. The highest BCUT2D eigenvalue weighted by Crippen LogP contribution is 2.31. The number of nitrogens with two attached hydrogens (primary N) is 2. The van der Waals surface area contributed by atoms with Crippen molar-refractivity contribution < 1.29 is 13.2 Å². The number of primary amides is 1. The largest absolute Gasteiger partial charge is 0.364 e. The number of nitrogens with zero attached hydrogens (tertiary/aromatic N) is 5. The van der Waals surface area contributed by atoms with Crippen molar-refractivity contribution in [1.82, 2.24) is 19.3 Å². The van der Waals surface area contributed by atoms with Crippen molar-refractivity contribution >= 4 is 27.0 Å². The fourth-order valence-electron chi connectivity index (χ4n) is 3.85. The molecule has 0 saturated heterocycles. The average molecular weight is 464 g/mol. The van der Waals surface area contributed by atoms with E-state index in [1.165, 1.54) is 16.8 Å². The lowest BCUT2D eigenvalue weighted by Gasteiger charge is -2.11. The summed E-state index contributed by atoms with van der Waals surface area (Å²) in [5, 5.41) is 18.9. The fraction of sp³-hybridized carbons (Fsp3) is 0.182. The minimum absolute atomic E-state index is 0.0108. The number of aromatic nitrogens is 4. The molecule has 4 aromatic rings. The number of imidazole rings is 1. The van der Waals surface area contributed by atoms with Gasteiger partial charge in [0.1, 0.15) is 11.5 Å². The van der Waals surface area contributed by atoms with Crippen molar-refractivity contribution in [3.8, 4) is 17.5 Å². The zero-order chi connectivity index (χ0) is 23.9. The highest BCUT2D eigenvalue weighted by atomic mass is 32.2. The van der Waals surface area contributed by atoms with Gasteiger partial charge in [-0.05, 0) is 49.7 Å². The third-order valence-electron chi connectivity index (χ3n) is 5.35. The Labute approximate surface area is 190 Å². The standard InChI is InChI=1S/C22H21N7O3S/c1-3-29-20(21(24)30)19(13(2)27-29)22-26-17-10-15(11-23)6-9-18(17)28(22)12-14-4-7-16(8-5-14)33(25,31)32/h4-10H,3,12H2,1-2H3,(H2,24,30)(H2,25,31,32). The molecule has 0 aliphatic carbocycles. The molecule has 2 aromatic heterocycles. The molecule has 11 heteroatoms. The Bertz CT molecular complexity index is 1540. The van der Waals surface area contributed by atoms with Crippen molar-refractivity contribution in [2.24, 2.45) is 10.9 Å². The van der Waals surface area contributed by atoms with Crippen LogP contribution in [0, 0.1) is 18.3 Å². The lowest BCUT2D eigenvalue weighted by Crippen LogP contribution is -2.18. The van der Waals surface area contributed by atoms with Crippen LogP contribution < -0.4 is 10.9 Å². The molecule has 2 aromatic carbocycles. The van der Waals surface area contributed by atoms with Gasteiger partial charge in [-0.25, -0.2) is 18.5 Å². The van der Waals surface area contributed by atoms with Crippen LogP contribution in [0.5, 0.6) is 0 Å². The predicted molar refractivity (Wildman–Crippen MR) is 122 cm³/mol. The molecule has 10 nitrogen and oxygen atoms in total. The first-order valence-corrected chi connectivity index (χ1v) is 11.6. The van der Waals surface area contributed by atoms with E-state index in [0.717, 1.165) is 11.1 Å². The molecule has 4 rings (SSSR count). The van der Waals surface area contributed by atoms with Crippen LogP contribution in [0.15, 0.2) is 47.4 Å². The summed E-state index contributed by atoms with van der Waals surface area (Å²) in [5.74, 6) is -0.150. The molecule has 168 valence electrons. The third kappa shape index (κ3) is 3.97. The van der Waals surface area contributed by atoms with Gasteiger partial charge in [0.05, 0.1) is 38.8 Å². The summed E-state index contributed by atoms with van der Waals surface area (Å²) >= 11 is 0. The predicted octanol–water partition coefficient (Wildman–Crippen LogP) is 1.89. The van der Waals surface area contributed by atoms with Gasteiger partial charge in [0.15, 0.2) is 0 Å². The Morgan fingerprint density at radius 2 is 1.88 bits per heavy atom. The van der Waals surface area contributed by atoms with Gasteiger partial charge >= 0.3 is 0 Å². The minimum atomic E-state index is -3.81. The average Bonchev–Trinajstić information content (AvgIpc) is 3.29. The zero-order valence-corrected chi connectivity index (χ0v) is 18.8. The number of benzene rings is 2. The number of fused-ring (bicyclic) bond motifs is 1. The lowest BCUT2D eigenvalue weighted by atomic mass is 10.1. The van der Waals surface area contributed by atoms with E-state index < -0.39 is 15.9 Å². The molecular formula is C22H21N7O3S. The van der Waals surface area contributed by atoms with Gasteiger partial charge in [-0.1, -0.05) is 12.1 Å². The number of amides is 1. The summed E-state index contributed by atoms with van der Waals surface area (Å²) in [7, 11) is -3.81. The summed E-state index contributed by atoms with van der Waals surface area (Å²) in [5.41, 5.74) is 9.59. The molecule has 0 unspecified atom stereocenters. The maximum atomic E-state index is 12.3. The molecule has 4 N–H and O–H groups in total. The van der Waals surface area contributed by atoms with Crippen molar-refractivity contribution in [2.75, 3.05) is 0 Å². The van der Waals surface area contributed by atoms with E-state index in [9.17, 15) is 18.5 Å². The molecule has 0 radical (unpaired) electrons. The van der Waals surface area contributed by atoms with Gasteiger partial charge in [0.25, 0.3) is 5.91 Å². The molecule has 1 amide bonds. The van der Waals surface area contributed by atoms with Gasteiger partial charge in [-0.2, -0.15) is 10.4 Å². The van der Waals surface area contributed by atoms with Crippen LogP contribution in [0.3, 0.4) is 0 Å². The summed E-state index contributed by atoms with van der Waals surface area (Å²) in [6.45, 7) is 4.40. The summed E-state index contributed by atoms with van der Waals surface area (Å²) in [4.78, 5) is 17.1. The quantitative estimate of drug-likeness (QED) is 0.443. The molecule has 0 bridgehead atoms. The normalized spacial score (nSPS) is 11.6. The number of hydrogen-bond acceptors (Lipinski definition) is 6. The molecule has 0 atom stereocenters. The molecule has 0 spiro atoms. The highest BCUT2D eigenvalue weighted by Gasteiger charge is 2.25. The van der Waals surface area contributed by atoms with Crippen LogP contribution in [0.4, 0.5) is 0 Å². The Balaban J connectivity index is 1.95. The van der Waals surface area contributed by atoms with Crippen LogP contribution in [-0.2, 0) is 23.1 Å². The zero-order valence-electron chi connectivity index (χ0n) is 18.0. The number of sulfonamides is 1. The highest BCUT2D eigenvalue weighted by molar-refractivity contribution is 7.89. The third-order valence-corrected chi connectivity index (χ3v) is 6.28. The Kier molecular flexibility index (Phi) is 5.49. The Morgan fingerprint density at radius 3 is 2.45 bits per heavy atom. The van der Waals surface area contributed by atoms with E-state index >= 15 is 0 Å². The van der Waals surface area contributed by atoms with E-state index in [2.05, 4.69) is 11.2 Å². The first-order chi connectivity index (χ1) is 15.6. The fourth-order valence-corrected chi connectivity index (χ4v) is 4.36. The minimum Gasteiger partial charge on any atom is -0.364 e. The van der Waals surface area contributed by atoms with Crippen molar-refractivity contribution in [1.29, 1.82) is 5.26 Å². The van der Waals surface area contributed by atoms with Crippen LogP contribution in [0.2, 0.25) is 0 Å². The number of carbonyl (C=O) groups excluding carboxylic acids is 1. The monoisotopic (exact) mass is 463 g/mol. The van der Waals surface area contributed by atoms with Crippen LogP contribution in [0.25, 0.3) is 22.4 Å². The van der Waals surface area contributed by atoms with Crippen LogP contribution in [0.1, 0.15) is 34.2 Å². The first-order valence-electron chi connectivity index (χ1n) is 10.0. The molecule has 0 aliphatic rings. The molecule has 0 saturated carbocycles. The Hall–Kier alpha value is -4.01. The van der Waals surface area contributed by atoms with Gasteiger partial charge in [0, 0.05) is 13.1 Å². The molecule has 0 aliphatic heterocycles. The number of rotatable bonds is 6. The smallest absolute Gasteiger partial charge is 0.267 e. The van der Waals surface area contributed by atoms with E-state index in [4.69, 9.17) is 15.9 Å². The second-order valence-electron chi connectivity index (χ2n) is 7.51. The van der Waals surface area contributed by atoms with Gasteiger partial charge in [-0.15, -0.1) is 0 Å². The second-order valence-corrected chi connectivity index (χ2v) is 9.08. The second kappa shape index (κ2) is 8.16. The van der Waals surface area contributed by atoms with Gasteiger partial charge < -0.3 is 10.3 Å². The van der Waals surface area contributed by atoms with Crippen molar-refractivity contribution in [2.45, 2.75) is 31.8 Å². The summed E-state index contributed by atoms with van der Waals surface area (Å²) in [6, 6.07) is 13.4. The lowest BCUT2D eigenvalue weighted by molar-refractivity contribution is 0.0990. The molecule has 33 heavy (non-hydrogen) atoms.